The van der Waals surface area contributed by atoms with Gasteiger partial charge in [0.1, 0.15) is 5.69 Å². The summed E-state index contributed by atoms with van der Waals surface area (Å²) >= 11 is 4.37. The number of benzene rings is 1. The van der Waals surface area contributed by atoms with Crippen LogP contribution in [0.5, 0.6) is 0 Å². The standard InChI is InChI=1S/C9H5BrF2N2S/c10-8-7(14-9(13)15-8)4-2-1-3-5(11)6(4)12/h1-3H,(H2,13,14). The zero-order chi connectivity index (χ0) is 11.0. The summed E-state index contributed by atoms with van der Waals surface area (Å²) in [6, 6.07) is 3.94. The van der Waals surface area contributed by atoms with Crippen LogP contribution >= 0.6 is 27.3 Å². The summed E-state index contributed by atoms with van der Waals surface area (Å²) in [6.45, 7) is 0. The van der Waals surface area contributed by atoms with Crippen LogP contribution in [0.2, 0.25) is 0 Å². The Balaban J connectivity index is 2.64. The Labute approximate surface area is 96.9 Å². The summed E-state index contributed by atoms with van der Waals surface area (Å²) in [5.74, 6) is -1.81. The van der Waals surface area contributed by atoms with E-state index in [0.717, 1.165) is 6.07 Å². The van der Waals surface area contributed by atoms with Gasteiger partial charge in [0.25, 0.3) is 0 Å². The maximum absolute atomic E-state index is 13.4. The maximum Gasteiger partial charge on any atom is 0.181 e. The van der Waals surface area contributed by atoms with Crippen LogP contribution in [0.15, 0.2) is 22.0 Å². The lowest BCUT2D eigenvalue weighted by Gasteiger charge is -2.00. The summed E-state index contributed by atoms with van der Waals surface area (Å²) in [5, 5.41) is 0.306. The molecule has 0 saturated heterocycles. The number of nitrogens with two attached hydrogens (primary N) is 1. The molecule has 15 heavy (non-hydrogen) atoms. The van der Waals surface area contributed by atoms with Gasteiger partial charge in [0.05, 0.1) is 3.79 Å². The number of nitrogens with zero attached hydrogens (tertiary/aromatic N) is 1. The second kappa shape index (κ2) is 3.86. The summed E-state index contributed by atoms with van der Waals surface area (Å²) < 4.78 is 26.9. The fourth-order valence-corrected chi connectivity index (χ4v) is 2.54. The van der Waals surface area contributed by atoms with E-state index in [9.17, 15) is 8.78 Å². The Morgan fingerprint density at radius 1 is 1.33 bits per heavy atom. The summed E-state index contributed by atoms with van der Waals surface area (Å²) in [7, 11) is 0. The summed E-state index contributed by atoms with van der Waals surface area (Å²) in [6.07, 6.45) is 0. The highest BCUT2D eigenvalue weighted by atomic mass is 79.9. The lowest BCUT2D eigenvalue weighted by atomic mass is 10.1. The molecule has 0 saturated carbocycles. The molecule has 0 unspecified atom stereocenters. The first-order chi connectivity index (χ1) is 7.09. The quantitative estimate of drug-likeness (QED) is 0.874. The molecule has 78 valence electrons. The molecule has 0 aliphatic rings. The molecule has 1 aromatic heterocycles. The minimum atomic E-state index is -0.913. The van der Waals surface area contributed by atoms with Gasteiger partial charge in [-0.15, -0.1) is 0 Å². The van der Waals surface area contributed by atoms with Crippen molar-refractivity contribution in [2.75, 3.05) is 5.73 Å². The Kier molecular flexibility index (Phi) is 2.70. The topological polar surface area (TPSA) is 38.9 Å². The normalized spacial score (nSPS) is 10.6. The van der Waals surface area contributed by atoms with Gasteiger partial charge in [0, 0.05) is 5.56 Å². The average Bonchev–Trinajstić information content (AvgIpc) is 2.50. The molecule has 0 fully saturated rings. The molecule has 6 heteroatoms. The second-order valence-corrected chi connectivity index (χ2v) is 5.12. The molecule has 0 aliphatic heterocycles. The van der Waals surface area contributed by atoms with Gasteiger partial charge in [-0.25, -0.2) is 13.8 Å². The number of aromatic nitrogens is 1. The fraction of sp³-hybridized carbons (Fsp3) is 0. The molecule has 0 bridgehead atoms. The Morgan fingerprint density at radius 2 is 2.07 bits per heavy atom. The number of anilines is 1. The molecule has 2 nitrogen and oxygen atoms in total. The average molecular weight is 291 g/mol. The van der Waals surface area contributed by atoms with E-state index >= 15 is 0 Å². The predicted octanol–water partition coefficient (Wildman–Crippen LogP) is 3.43. The molecule has 1 aromatic carbocycles. The van der Waals surface area contributed by atoms with Gasteiger partial charge in [-0.05, 0) is 28.1 Å². The second-order valence-electron chi connectivity index (χ2n) is 2.78. The van der Waals surface area contributed by atoms with Gasteiger partial charge < -0.3 is 5.73 Å². The van der Waals surface area contributed by atoms with Crippen molar-refractivity contribution in [2.24, 2.45) is 0 Å². The molecule has 2 aromatic rings. The van der Waals surface area contributed by atoms with Crippen molar-refractivity contribution in [3.05, 3.63) is 33.6 Å². The van der Waals surface area contributed by atoms with Crippen LogP contribution in [-0.2, 0) is 0 Å². The molecule has 0 aliphatic carbocycles. The SMILES string of the molecule is Nc1nc(-c2cccc(F)c2F)c(Br)s1. The molecule has 0 spiro atoms. The summed E-state index contributed by atoms with van der Waals surface area (Å²) in [5.41, 5.74) is 5.90. The van der Waals surface area contributed by atoms with Crippen molar-refractivity contribution < 1.29 is 8.78 Å². The minimum Gasteiger partial charge on any atom is -0.375 e. The van der Waals surface area contributed by atoms with Gasteiger partial charge >= 0.3 is 0 Å². The highest BCUT2D eigenvalue weighted by molar-refractivity contribution is 9.11. The van der Waals surface area contributed by atoms with E-state index in [0.29, 0.717) is 14.6 Å². The first kappa shape index (κ1) is 10.5. The smallest absolute Gasteiger partial charge is 0.181 e. The van der Waals surface area contributed by atoms with E-state index in [1.807, 2.05) is 0 Å². The van der Waals surface area contributed by atoms with Gasteiger partial charge in [0.2, 0.25) is 0 Å². The highest BCUT2D eigenvalue weighted by Gasteiger charge is 2.15. The van der Waals surface area contributed by atoms with E-state index < -0.39 is 11.6 Å². The Hall–Kier alpha value is -1.01. The van der Waals surface area contributed by atoms with Crippen molar-refractivity contribution in [2.45, 2.75) is 0 Å². The molecule has 2 N–H and O–H groups in total. The number of rotatable bonds is 1. The van der Waals surface area contributed by atoms with Crippen molar-refractivity contribution >= 4 is 32.4 Å². The van der Waals surface area contributed by atoms with Gasteiger partial charge in [-0.3, -0.25) is 0 Å². The van der Waals surface area contributed by atoms with Crippen LogP contribution in [0.1, 0.15) is 0 Å². The lowest BCUT2D eigenvalue weighted by Crippen LogP contribution is -1.90. The zero-order valence-corrected chi connectivity index (χ0v) is 9.70. The van der Waals surface area contributed by atoms with Crippen LogP contribution in [0.4, 0.5) is 13.9 Å². The first-order valence-corrected chi connectivity index (χ1v) is 5.56. The molecular weight excluding hydrogens is 286 g/mol. The third-order valence-electron chi connectivity index (χ3n) is 1.81. The highest BCUT2D eigenvalue weighted by Crippen LogP contribution is 2.35. The van der Waals surface area contributed by atoms with Crippen molar-refractivity contribution in [1.82, 2.24) is 4.98 Å². The van der Waals surface area contributed by atoms with E-state index in [1.165, 1.54) is 23.5 Å². The van der Waals surface area contributed by atoms with Crippen LogP contribution in [0.3, 0.4) is 0 Å². The molecule has 1 heterocycles. The van der Waals surface area contributed by atoms with Gasteiger partial charge in [-0.2, -0.15) is 0 Å². The van der Waals surface area contributed by atoms with Crippen LogP contribution in [0.25, 0.3) is 11.3 Å². The molecule has 0 atom stereocenters. The van der Waals surface area contributed by atoms with E-state index in [2.05, 4.69) is 20.9 Å². The third-order valence-corrected chi connectivity index (χ3v) is 3.34. The minimum absolute atomic E-state index is 0.106. The first-order valence-electron chi connectivity index (χ1n) is 3.96. The van der Waals surface area contributed by atoms with Crippen molar-refractivity contribution in [3.63, 3.8) is 0 Å². The third kappa shape index (κ3) is 1.87. The van der Waals surface area contributed by atoms with Crippen molar-refractivity contribution in [3.8, 4) is 11.3 Å². The summed E-state index contributed by atoms with van der Waals surface area (Å²) in [4.78, 5) is 3.93. The largest absolute Gasteiger partial charge is 0.375 e. The fourth-order valence-electron chi connectivity index (χ4n) is 1.17. The molecule has 2 rings (SSSR count). The van der Waals surface area contributed by atoms with Crippen LogP contribution in [0, 0.1) is 11.6 Å². The van der Waals surface area contributed by atoms with Crippen LogP contribution < -0.4 is 5.73 Å². The Bertz CT molecular complexity index is 513. The number of thiazole rings is 1. The monoisotopic (exact) mass is 290 g/mol. The molecule has 0 radical (unpaired) electrons. The van der Waals surface area contributed by atoms with Crippen LogP contribution in [-0.4, -0.2) is 4.98 Å². The lowest BCUT2D eigenvalue weighted by molar-refractivity contribution is 0.511. The van der Waals surface area contributed by atoms with Gasteiger partial charge in [-0.1, -0.05) is 17.4 Å². The Morgan fingerprint density at radius 3 is 2.67 bits per heavy atom. The number of hydrogen-bond acceptors (Lipinski definition) is 3. The number of hydrogen-bond donors (Lipinski definition) is 1. The molecular formula is C9H5BrF2N2S. The maximum atomic E-state index is 13.4. The van der Waals surface area contributed by atoms with E-state index in [-0.39, 0.29) is 5.56 Å². The van der Waals surface area contributed by atoms with E-state index in [4.69, 9.17) is 5.73 Å². The number of nitrogen functional groups attached to an aromatic ring is 1. The van der Waals surface area contributed by atoms with Crippen molar-refractivity contribution in [1.29, 1.82) is 0 Å². The zero-order valence-electron chi connectivity index (χ0n) is 7.30. The predicted molar refractivity (Wildman–Crippen MR) is 59.6 cm³/mol. The van der Waals surface area contributed by atoms with Gasteiger partial charge in [0.15, 0.2) is 16.8 Å². The number of halogens is 3. The van der Waals surface area contributed by atoms with E-state index in [1.54, 1.807) is 0 Å². The molecule has 0 amide bonds.